The number of carbonyl (C=O) groups excluding carboxylic acids is 1. The minimum Gasteiger partial charge on any atom is -0.324 e. The first-order valence-electron chi connectivity index (χ1n) is 12.5. The number of nitrogens with one attached hydrogen (secondary N) is 1. The molecule has 1 N–H and O–H groups in total. The Morgan fingerprint density at radius 2 is 1.46 bits per heavy atom. The van der Waals surface area contributed by atoms with Crippen molar-refractivity contribution in [2.75, 3.05) is 5.32 Å². The summed E-state index contributed by atoms with van der Waals surface area (Å²) in [4.78, 5) is 18.4. The molecular formula is C31H37N3O. The van der Waals surface area contributed by atoms with Crippen molar-refractivity contribution in [2.45, 2.75) is 72.3 Å². The van der Waals surface area contributed by atoms with Gasteiger partial charge in [-0.1, -0.05) is 103 Å². The molecule has 1 heterocycles. The van der Waals surface area contributed by atoms with Crippen molar-refractivity contribution in [3.05, 3.63) is 83.4 Å². The molecule has 0 unspecified atom stereocenters. The molecule has 0 aliphatic heterocycles. The van der Waals surface area contributed by atoms with Gasteiger partial charge < -0.3 is 9.88 Å². The standard InChI is InChI=1S/C31H37N3O/c1-20(2)24-11-10-12-25(21(3)4)29(24)33-28(35)19-34-27-14-9-8-13-26(27)32-30(34)22-15-17-23(18-16-22)31(5,6)7/h8-18,20-21H,19H2,1-7H3,(H,33,35). The van der Waals surface area contributed by atoms with Gasteiger partial charge in [-0.3, -0.25) is 4.79 Å². The quantitative estimate of drug-likeness (QED) is 0.313. The molecule has 1 aromatic heterocycles. The Morgan fingerprint density at radius 1 is 0.857 bits per heavy atom. The number of anilines is 1. The lowest BCUT2D eigenvalue weighted by atomic mass is 9.87. The van der Waals surface area contributed by atoms with Crippen molar-refractivity contribution in [3.8, 4) is 11.4 Å². The highest BCUT2D eigenvalue weighted by Gasteiger charge is 2.20. The van der Waals surface area contributed by atoms with E-state index in [0.717, 1.165) is 39.2 Å². The predicted molar refractivity (Wildman–Crippen MR) is 147 cm³/mol. The summed E-state index contributed by atoms with van der Waals surface area (Å²) in [6.07, 6.45) is 0. The van der Waals surface area contributed by atoms with Gasteiger partial charge in [-0.05, 0) is 46.1 Å². The minimum absolute atomic E-state index is 0.0456. The maximum absolute atomic E-state index is 13.5. The minimum atomic E-state index is -0.0456. The van der Waals surface area contributed by atoms with Gasteiger partial charge in [0.15, 0.2) is 0 Å². The van der Waals surface area contributed by atoms with Crippen molar-refractivity contribution in [3.63, 3.8) is 0 Å². The number of nitrogens with zero attached hydrogens (tertiary/aromatic N) is 2. The van der Waals surface area contributed by atoms with Gasteiger partial charge in [-0.15, -0.1) is 0 Å². The number of amides is 1. The molecule has 0 saturated heterocycles. The molecule has 0 aliphatic carbocycles. The van der Waals surface area contributed by atoms with Gasteiger partial charge in [-0.25, -0.2) is 4.98 Å². The van der Waals surface area contributed by atoms with E-state index >= 15 is 0 Å². The Kier molecular flexibility index (Phi) is 6.84. The number of fused-ring (bicyclic) bond motifs is 1. The van der Waals surface area contributed by atoms with Crippen molar-refractivity contribution >= 4 is 22.6 Å². The van der Waals surface area contributed by atoms with E-state index in [1.165, 1.54) is 5.56 Å². The van der Waals surface area contributed by atoms with E-state index in [1.54, 1.807) is 0 Å². The van der Waals surface area contributed by atoms with Crippen LogP contribution in [0.2, 0.25) is 0 Å². The third kappa shape index (κ3) is 5.17. The number of imidazole rings is 1. The van der Waals surface area contributed by atoms with Crippen molar-refractivity contribution in [1.29, 1.82) is 0 Å². The van der Waals surface area contributed by atoms with Gasteiger partial charge >= 0.3 is 0 Å². The van der Waals surface area contributed by atoms with Crippen molar-refractivity contribution in [2.24, 2.45) is 0 Å². The molecule has 4 nitrogen and oxygen atoms in total. The van der Waals surface area contributed by atoms with Gasteiger partial charge in [0, 0.05) is 11.3 Å². The zero-order valence-corrected chi connectivity index (χ0v) is 22.0. The average molecular weight is 468 g/mol. The van der Waals surface area contributed by atoms with E-state index in [9.17, 15) is 4.79 Å². The largest absolute Gasteiger partial charge is 0.324 e. The number of hydrogen-bond donors (Lipinski definition) is 1. The fraction of sp³-hybridized carbons (Fsp3) is 0.355. The molecule has 182 valence electrons. The second-order valence-corrected chi connectivity index (χ2v) is 11.0. The van der Waals surface area contributed by atoms with E-state index < -0.39 is 0 Å². The monoisotopic (exact) mass is 467 g/mol. The van der Waals surface area contributed by atoms with Gasteiger partial charge in [0.2, 0.25) is 5.91 Å². The molecule has 0 aliphatic rings. The number of hydrogen-bond acceptors (Lipinski definition) is 2. The van der Waals surface area contributed by atoms with Crippen LogP contribution in [0.25, 0.3) is 22.4 Å². The first kappa shape index (κ1) is 24.7. The highest BCUT2D eigenvalue weighted by Crippen LogP contribution is 2.33. The van der Waals surface area contributed by atoms with Gasteiger partial charge in [0.05, 0.1) is 11.0 Å². The number of rotatable bonds is 6. The van der Waals surface area contributed by atoms with Gasteiger partial charge in [0.25, 0.3) is 0 Å². The van der Waals surface area contributed by atoms with Crippen LogP contribution < -0.4 is 5.32 Å². The molecule has 35 heavy (non-hydrogen) atoms. The third-order valence-corrected chi connectivity index (χ3v) is 6.60. The molecule has 1 amide bonds. The number of benzene rings is 3. The van der Waals surface area contributed by atoms with E-state index in [0.29, 0.717) is 11.8 Å². The second-order valence-electron chi connectivity index (χ2n) is 11.0. The summed E-state index contributed by atoms with van der Waals surface area (Å²) in [6, 6.07) is 22.9. The highest BCUT2D eigenvalue weighted by molar-refractivity contribution is 5.94. The van der Waals surface area contributed by atoms with Crippen LogP contribution in [0.3, 0.4) is 0 Å². The van der Waals surface area contributed by atoms with Crippen molar-refractivity contribution in [1.82, 2.24) is 9.55 Å². The molecule has 3 aromatic carbocycles. The van der Waals surface area contributed by atoms with Crippen LogP contribution in [0, 0.1) is 0 Å². The maximum Gasteiger partial charge on any atom is 0.244 e. The molecule has 4 aromatic rings. The summed E-state index contributed by atoms with van der Waals surface area (Å²) in [5.41, 5.74) is 7.48. The lowest BCUT2D eigenvalue weighted by molar-refractivity contribution is -0.116. The van der Waals surface area contributed by atoms with E-state index in [2.05, 4.69) is 96.2 Å². The van der Waals surface area contributed by atoms with Gasteiger partial charge in [0.1, 0.15) is 12.4 Å². The van der Waals surface area contributed by atoms with Crippen molar-refractivity contribution < 1.29 is 4.79 Å². The highest BCUT2D eigenvalue weighted by atomic mass is 16.2. The fourth-order valence-corrected chi connectivity index (χ4v) is 4.59. The Bertz CT molecular complexity index is 1310. The second kappa shape index (κ2) is 9.69. The summed E-state index contributed by atoms with van der Waals surface area (Å²) in [5.74, 6) is 1.39. The van der Waals surface area contributed by atoms with Crippen LogP contribution in [-0.4, -0.2) is 15.5 Å². The number of para-hydroxylation sites is 3. The molecule has 0 radical (unpaired) electrons. The fourth-order valence-electron chi connectivity index (χ4n) is 4.59. The van der Waals surface area contributed by atoms with Crippen LogP contribution in [0.4, 0.5) is 5.69 Å². The summed E-state index contributed by atoms with van der Waals surface area (Å²) in [5, 5.41) is 3.26. The Morgan fingerprint density at radius 3 is 2.03 bits per heavy atom. The third-order valence-electron chi connectivity index (χ3n) is 6.60. The smallest absolute Gasteiger partial charge is 0.244 e. The summed E-state index contributed by atoms with van der Waals surface area (Å²) >= 11 is 0. The number of aromatic nitrogens is 2. The summed E-state index contributed by atoms with van der Waals surface area (Å²) < 4.78 is 2.03. The topological polar surface area (TPSA) is 46.9 Å². The molecule has 4 heteroatoms. The molecule has 4 rings (SSSR count). The van der Waals surface area contributed by atoms with Crippen LogP contribution >= 0.6 is 0 Å². The first-order valence-corrected chi connectivity index (χ1v) is 12.5. The first-order chi connectivity index (χ1) is 16.6. The lowest BCUT2D eigenvalue weighted by Crippen LogP contribution is -2.21. The Hall–Kier alpha value is -3.40. The molecule has 0 atom stereocenters. The van der Waals surface area contributed by atoms with Crippen LogP contribution in [-0.2, 0) is 16.8 Å². The lowest BCUT2D eigenvalue weighted by Gasteiger charge is -2.21. The Labute approximate surface area is 209 Å². The zero-order valence-electron chi connectivity index (χ0n) is 22.0. The SMILES string of the molecule is CC(C)c1cccc(C(C)C)c1NC(=O)Cn1c(-c2ccc(C(C)(C)C)cc2)nc2ccccc21. The number of carbonyl (C=O) groups is 1. The molecule has 0 spiro atoms. The Balaban J connectivity index is 1.72. The summed E-state index contributed by atoms with van der Waals surface area (Å²) in [6.45, 7) is 15.5. The molecule has 0 saturated carbocycles. The molecule has 0 bridgehead atoms. The molecule has 0 fully saturated rings. The normalized spacial score (nSPS) is 12.0. The van der Waals surface area contributed by atoms with Crippen LogP contribution in [0.15, 0.2) is 66.7 Å². The maximum atomic E-state index is 13.5. The zero-order chi connectivity index (χ0) is 25.3. The van der Waals surface area contributed by atoms with E-state index in [1.807, 2.05) is 28.8 Å². The van der Waals surface area contributed by atoms with E-state index in [4.69, 9.17) is 4.98 Å². The van der Waals surface area contributed by atoms with E-state index in [-0.39, 0.29) is 17.9 Å². The van der Waals surface area contributed by atoms with Gasteiger partial charge in [-0.2, -0.15) is 0 Å². The van der Waals surface area contributed by atoms with Crippen LogP contribution in [0.5, 0.6) is 0 Å². The molecular weight excluding hydrogens is 430 g/mol. The predicted octanol–water partition coefficient (Wildman–Crippen LogP) is 7.89. The average Bonchev–Trinajstić information content (AvgIpc) is 3.16. The van der Waals surface area contributed by atoms with Crippen LogP contribution in [0.1, 0.15) is 77.0 Å². The summed E-state index contributed by atoms with van der Waals surface area (Å²) in [7, 11) is 0.